The van der Waals surface area contributed by atoms with Gasteiger partial charge in [-0.3, -0.25) is 18.9 Å². The van der Waals surface area contributed by atoms with Gasteiger partial charge in [0.1, 0.15) is 11.2 Å². The lowest BCUT2D eigenvalue weighted by atomic mass is 9.80. The summed E-state index contributed by atoms with van der Waals surface area (Å²) in [5.74, 6) is -0.261. The number of carbonyl (C=O) groups excluding carboxylic acids is 2. The van der Waals surface area contributed by atoms with Crippen LogP contribution in [0.1, 0.15) is 34.5 Å². The predicted octanol–water partition coefficient (Wildman–Crippen LogP) is 2.35. The van der Waals surface area contributed by atoms with E-state index >= 15 is 0 Å². The highest BCUT2D eigenvalue weighted by atomic mass is 32.1. The van der Waals surface area contributed by atoms with Crippen LogP contribution in [0.5, 0.6) is 0 Å². The Hall–Kier alpha value is -3.00. The van der Waals surface area contributed by atoms with E-state index in [0.717, 1.165) is 28.8 Å². The summed E-state index contributed by atoms with van der Waals surface area (Å²) < 4.78 is 1.46. The molecule has 142 valence electrons. The molecular weight excluding hydrogens is 376 g/mol. The van der Waals surface area contributed by atoms with Gasteiger partial charge in [-0.25, -0.2) is 9.78 Å². The number of pyridine rings is 1. The summed E-state index contributed by atoms with van der Waals surface area (Å²) in [6.07, 6.45) is 4.09. The van der Waals surface area contributed by atoms with E-state index in [0.29, 0.717) is 17.8 Å². The molecular formula is C20H18N4O3S. The Morgan fingerprint density at radius 2 is 2.11 bits per heavy atom. The Morgan fingerprint density at radius 1 is 1.25 bits per heavy atom. The molecule has 1 fully saturated rings. The molecule has 0 unspecified atom stereocenters. The van der Waals surface area contributed by atoms with Gasteiger partial charge in [-0.05, 0) is 49.3 Å². The van der Waals surface area contributed by atoms with Gasteiger partial charge in [0.05, 0.1) is 12.2 Å². The molecule has 0 saturated carbocycles. The molecule has 1 aliphatic heterocycles. The van der Waals surface area contributed by atoms with Crippen LogP contribution in [0.3, 0.4) is 0 Å². The van der Waals surface area contributed by atoms with Crippen molar-refractivity contribution in [3.8, 4) is 0 Å². The monoisotopic (exact) mass is 394 g/mol. The van der Waals surface area contributed by atoms with Crippen molar-refractivity contribution >= 4 is 28.9 Å². The van der Waals surface area contributed by atoms with Gasteiger partial charge in [0.2, 0.25) is 0 Å². The first-order valence-corrected chi connectivity index (χ1v) is 10.1. The summed E-state index contributed by atoms with van der Waals surface area (Å²) in [6, 6.07) is 6.51. The van der Waals surface area contributed by atoms with Crippen LogP contribution < -0.4 is 10.9 Å². The van der Waals surface area contributed by atoms with Crippen molar-refractivity contribution in [3.05, 3.63) is 67.9 Å². The van der Waals surface area contributed by atoms with Gasteiger partial charge >= 0.3 is 6.03 Å². The molecule has 0 radical (unpaired) electrons. The smallest absolute Gasteiger partial charge is 0.319 e. The van der Waals surface area contributed by atoms with Crippen LogP contribution in [0, 0.1) is 6.92 Å². The maximum Gasteiger partial charge on any atom is 0.325 e. The van der Waals surface area contributed by atoms with Gasteiger partial charge < -0.3 is 5.32 Å². The van der Waals surface area contributed by atoms with Gasteiger partial charge in [-0.2, -0.15) is 0 Å². The number of carbonyl (C=O) groups is 2. The van der Waals surface area contributed by atoms with Gasteiger partial charge in [0.15, 0.2) is 0 Å². The fraction of sp³-hybridized carbons (Fsp3) is 0.300. The molecule has 0 bridgehead atoms. The number of hydrogen-bond donors (Lipinski definition) is 1. The molecule has 3 amide bonds. The number of rotatable bonds is 2. The summed E-state index contributed by atoms with van der Waals surface area (Å²) in [4.78, 5) is 45.2. The Morgan fingerprint density at radius 3 is 2.96 bits per heavy atom. The molecule has 5 rings (SSSR count). The van der Waals surface area contributed by atoms with Crippen molar-refractivity contribution in [1.82, 2.24) is 19.6 Å². The zero-order valence-corrected chi connectivity index (χ0v) is 16.1. The average Bonchev–Trinajstić information content (AvgIpc) is 3.23. The van der Waals surface area contributed by atoms with Gasteiger partial charge in [-0.15, -0.1) is 11.3 Å². The highest BCUT2D eigenvalue weighted by molar-refractivity contribution is 7.10. The minimum Gasteiger partial charge on any atom is -0.319 e. The first kappa shape index (κ1) is 17.1. The SMILES string of the molecule is Cc1ccc2nc(CN3C(=O)N[C@@]4(CCCc5sccc54)C3=O)cc(=O)n2c1. The lowest BCUT2D eigenvalue weighted by molar-refractivity contribution is -0.132. The molecule has 0 aromatic carbocycles. The second-order valence-electron chi connectivity index (χ2n) is 7.36. The van der Waals surface area contributed by atoms with E-state index in [9.17, 15) is 14.4 Å². The lowest BCUT2D eigenvalue weighted by Crippen LogP contribution is -2.46. The topological polar surface area (TPSA) is 83.8 Å². The number of imide groups is 1. The molecule has 8 heteroatoms. The first-order chi connectivity index (χ1) is 13.5. The Kier molecular flexibility index (Phi) is 3.67. The molecule has 4 heterocycles. The van der Waals surface area contributed by atoms with Crippen LogP contribution in [0.4, 0.5) is 4.79 Å². The third-order valence-electron chi connectivity index (χ3n) is 5.52. The molecule has 1 aliphatic carbocycles. The van der Waals surface area contributed by atoms with Crippen LogP contribution in [0.15, 0.2) is 40.6 Å². The van der Waals surface area contributed by atoms with Crippen LogP contribution >= 0.6 is 11.3 Å². The number of urea groups is 1. The normalized spacial score (nSPS) is 21.4. The zero-order chi connectivity index (χ0) is 19.5. The number of hydrogen-bond acceptors (Lipinski definition) is 5. The highest BCUT2D eigenvalue weighted by Gasteiger charge is 2.54. The summed E-state index contributed by atoms with van der Waals surface area (Å²) in [6.45, 7) is 1.88. The van der Waals surface area contributed by atoms with E-state index in [1.165, 1.54) is 15.4 Å². The third-order valence-corrected chi connectivity index (χ3v) is 6.50. The molecule has 2 aliphatic rings. The number of nitrogens with zero attached hydrogens (tertiary/aromatic N) is 3. The maximum atomic E-state index is 13.3. The van der Waals surface area contributed by atoms with Gasteiger partial charge in [0, 0.05) is 22.7 Å². The van der Waals surface area contributed by atoms with Crippen molar-refractivity contribution in [3.63, 3.8) is 0 Å². The minimum absolute atomic E-state index is 0.0223. The van der Waals surface area contributed by atoms with Gasteiger partial charge in [-0.1, -0.05) is 6.07 Å². The Labute approximate surface area is 164 Å². The second kappa shape index (κ2) is 6.00. The zero-order valence-electron chi connectivity index (χ0n) is 15.3. The van der Waals surface area contributed by atoms with Crippen molar-refractivity contribution < 1.29 is 9.59 Å². The highest BCUT2D eigenvalue weighted by Crippen LogP contribution is 2.42. The number of amides is 3. The molecule has 7 nitrogen and oxygen atoms in total. The number of thiophene rings is 1. The maximum absolute atomic E-state index is 13.3. The van der Waals surface area contributed by atoms with Crippen molar-refractivity contribution in [2.75, 3.05) is 0 Å². The number of nitrogens with one attached hydrogen (secondary N) is 1. The molecule has 1 spiro atoms. The summed E-state index contributed by atoms with van der Waals surface area (Å²) in [5.41, 5.74) is 1.54. The van der Waals surface area contributed by atoms with E-state index < -0.39 is 11.6 Å². The molecule has 3 aromatic heterocycles. The molecule has 1 saturated heterocycles. The fourth-order valence-electron chi connectivity index (χ4n) is 4.19. The van der Waals surface area contributed by atoms with Gasteiger partial charge in [0.25, 0.3) is 11.5 Å². The van der Waals surface area contributed by atoms with Crippen molar-refractivity contribution in [1.29, 1.82) is 0 Å². The Bertz CT molecular complexity index is 1200. The average molecular weight is 394 g/mol. The molecule has 28 heavy (non-hydrogen) atoms. The predicted molar refractivity (Wildman–Crippen MR) is 104 cm³/mol. The number of aromatic nitrogens is 2. The minimum atomic E-state index is -0.979. The van der Waals surface area contributed by atoms with E-state index in [1.54, 1.807) is 23.6 Å². The molecule has 3 aromatic rings. The standard InChI is InChI=1S/C20H18N4O3S/c1-12-4-5-16-21-13(9-17(25)23(16)10-12)11-24-18(26)20(22-19(24)27)7-2-3-15-14(20)6-8-28-15/h4-6,8-10H,2-3,7,11H2,1H3,(H,22,27)/t20-/m1/s1. The van der Waals surface area contributed by atoms with Crippen LogP contribution in [0.25, 0.3) is 5.65 Å². The van der Waals surface area contributed by atoms with Crippen molar-refractivity contribution in [2.45, 2.75) is 38.3 Å². The summed E-state index contributed by atoms with van der Waals surface area (Å²) in [5, 5.41) is 4.89. The largest absolute Gasteiger partial charge is 0.325 e. The number of fused-ring (bicyclic) bond motifs is 3. The molecule has 1 atom stereocenters. The van der Waals surface area contributed by atoms with E-state index in [-0.39, 0.29) is 18.0 Å². The van der Waals surface area contributed by atoms with Crippen LogP contribution in [0.2, 0.25) is 0 Å². The molecule has 1 N–H and O–H groups in total. The third kappa shape index (κ3) is 2.41. The van der Waals surface area contributed by atoms with E-state index in [2.05, 4.69) is 10.3 Å². The fourth-order valence-corrected chi connectivity index (χ4v) is 5.19. The van der Waals surface area contributed by atoms with E-state index in [4.69, 9.17) is 0 Å². The van der Waals surface area contributed by atoms with Crippen LogP contribution in [-0.2, 0) is 23.3 Å². The lowest BCUT2D eigenvalue weighted by Gasteiger charge is -2.31. The van der Waals surface area contributed by atoms with Crippen LogP contribution in [-0.4, -0.2) is 26.2 Å². The summed E-state index contributed by atoms with van der Waals surface area (Å²) >= 11 is 1.62. The van der Waals surface area contributed by atoms with Crippen molar-refractivity contribution in [2.24, 2.45) is 0 Å². The Balaban J connectivity index is 1.51. The first-order valence-electron chi connectivity index (χ1n) is 9.18. The van der Waals surface area contributed by atoms with E-state index in [1.807, 2.05) is 24.4 Å². The second-order valence-corrected chi connectivity index (χ2v) is 8.36. The quantitative estimate of drug-likeness (QED) is 0.677. The number of aryl methyl sites for hydroxylation is 2. The summed E-state index contributed by atoms with van der Waals surface area (Å²) in [7, 11) is 0.